The molecule has 38 heavy (non-hydrogen) atoms. The van der Waals surface area contributed by atoms with Gasteiger partial charge in [-0.05, 0) is 29.2 Å². The lowest BCUT2D eigenvalue weighted by molar-refractivity contribution is -0.393. The quantitative estimate of drug-likeness (QED) is 0.225. The molecule has 2 aliphatic carbocycles. The van der Waals surface area contributed by atoms with E-state index in [-0.39, 0.29) is 28.1 Å². The van der Waals surface area contributed by atoms with Crippen molar-refractivity contribution in [3.05, 3.63) is 143 Å². The van der Waals surface area contributed by atoms with Crippen LogP contribution in [-0.4, -0.2) is 26.2 Å². The number of nitrogens with zero attached hydrogens (tertiary/aromatic N) is 5. The van der Waals surface area contributed by atoms with Crippen LogP contribution >= 0.6 is 0 Å². The van der Waals surface area contributed by atoms with Gasteiger partial charge in [-0.15, -0.1) is 10.2 Å². The van der Waals surface area contributed by atoms with Crippen molar-refractivity contribution in [3.8, 4) is 11.1 Å². The maximum atomic E-state index is 11.9. The highest BCUT2D eigenvalue weighted by Crippen LogP contribution is 2.46. The Hall–Kier alpha value is -5.58. The van der Waals surface area contributed by atoms with Crippen molar-refractivity contribution in [3.63, 3.8) is 0 Å². The Bertz CT molecular complexity index is 1750. The van der Waals surface area contributed by atoms with Crippen LogP contribution in [0.4, 0.5) is 17.1 Å². The molecule has 0 unspecified atom stereocenters. The van der Waals surface area contributed by atoms with Crippen molar-refractivity contribution in [1.29, 1.82) is 0 Å². The van der Waals surface area contributed by atoms with Gasteiger partial charge in [0, 0.05) is 40.5 Å². The molecular formula is C27H15N5O6. The molecule has 4 aromatic carbocycles. The van der Waals surface area contributed by atoms with Crippen LogP contribution in [0.3, 0.4) is 0 Å². The van der Waals surface area contributed by atoms with Crippen molar-refractivity contribution in [2.75, 3.05) is 0 Å². The first-order valence-corrected chi connectivity index (χ1v) is 11.4. The van der Waals surface area contributed by atoms with Gasteiger partial charge in [0.05, 0.1) is 26.4 Å². The smallest absolute Gasteiger partial charge is 0.258 e. The second-order valence-corrected chi connectivity index (χ2v) is 8.78. The highest BCUT2D eigenvalue weighted by molar-refractivity contribution is 6.26. The second kappa shape index (κ2) is 8.52. The summed E-state index contributed by atoms with van der Waals surface area (Å²) in [6, 6.07) is 21.4. The summed E-state index contributed by atoms with van der Waals surface area (Å²) in [7, 11) is 0. The number of non-ortho nitro benzene ring substituents is 2. The van der Waals surface area contributed by atoms with E-state index in [1.807, 2.05) is 48.5 Å². The standard InChI is InChI=1S/C27H15N5O6/c33-30(34)17-9-10-21-22(12-17)27(23-13-18(31(35)36)14-24(25(21)23)32(37)38)29-28-26-19-7-3-1-5-15(19)11-16-6-2-4-8-20(16)26/h1-10,12-14H,11H2/b29-27-. The minimum Gasteiger partial charge on any atom is -0.258 e. The molecule has 6 rings (SSSR count). The third kappa shape index (κ3) is 3.53. The molecule has 0 saturated heterocycles. The summed E-state index contributed by atoms with van der Waals surface area (Å²) in [5, 5.41) is 44.1. The fourth-order valence-corrected chi connectivity index (χ4v) is 5.01. The van der Waals surface area contributed by atoms with Crippen molar-refractivity contribution < 1.29 is 14.8 Å². The summed E-state index contributed by atoms with van der Waals surface area (Å²) in [6.45, 7) is 0. The molecule has 0 aromatic heterocycles. The lowest BCUT2D eigenvalue weighted by atomic mass is 9.85. The van der Waals surface area contributed by atoms with Gasteiger partial charge in [-0.25, -0.2) is 0 Å². The summed E-state index contributed by atoms with van der Waals surface area (Å²) >= 11 is 0. The normalized spacial score (nSPS) is 13.8. The van der Waals surface area contributed by atoms with Crippen LogP contribution in [0.2, 0.25) is 0 Å². The molecule has 0 N–H and O–H groups in total. The van der Waals surface area contributed by atoms with E-state index in [1.165, 1.54) is 24.3 Å². The molecule has 0 amide bonds. The van der Waals surface area contributed by atoms with Crippen molar-refractivity contribution in [2.24, 2.45) is 10.2 Å². The Morgan fingerprint density at radius 2 is 1.11 bits per heavy atom. The van der Waals surface area contributed by atoms with Crippen LogP contribution in [0.15, 0.2) is 89.1 Å². The van der Waals surface area contributed by atoms with Crippen molar-refractivity contribution in [2.45, 2.75) is 6.42 Å². The fraction of sp³-hybridized carbons (Fsp3) is 0.0370. The summed E-state index contributed by atoms with van der Waals surface area (Å²) in [5.41, 5.74) is 3.99. The Labute approximate surface area is 213 Å². The number of nitro benzene ring substituents is 3. The van der Waals surface area contributed by atoms with Crippen molar-refractivity contribution >= 4 is 28.5 Å². The summed E-state index contributed by atoms with van der Waals surface area (Å²) in [6.07, 6.45) is 0.707. The van der Waals surface area contributed by atoms with Crippen LogP contribution in [-0.2, 0) is 6.42 Å². The lowest BCUT2D eigenvalue weighted by Gasteiger charge is -2.20. The molecular weight excluding hydrogens is 490 g/mol. The average molecular weight is 505 g/mol. The van der Waals surface area contributed by atoms with E-state index < -0.39 is 26.1 Å². The molecule has 2 aliphatic rings. The zero-order chi connectivity index (χ0) is 26.6. The van der Waals surface area contributed by atoms with Gasteiger partial charge in [0.2, 0.25) is 0 Å². The molecule has 0 heterocycles. The number of nitro groups is 3. The van der Waals surface area contributed by atoms with E-state index in [2.05, 4.69) is 10.2 Å². The summed E-state index contributed by atoms with van der Waals surface area (Å²) in [4.78, 5) is 33.0. The molecule has 184 valence electrons. The maximum Gasteiger partial charge on any atom is 0.284 e. The molecule has 11 heteroatoms. The molecule has 0 atom stereocenters. The largest absolute Gasteiger partial charge is 0.284 e. The van der Waals surface area contributed by atoms with Crippen LogP contribution < -0.4 is 0 Å². The van der Waals surface area contributed by atoms with E-state index in [4.69, 9.17) is 0 Å². The Balaban J connectivity index is 1.65. The second-order valence-electron chi connectivity index (χ2n) is 8.78. The average Bonchev–Trinajstić information content (AvgIpc) is 3.23. The zero-order valence-electron chi connectivity index (χ0n) is 19.4. The fourth-order valence-electron chi connectivity index (χ4n) is 5.01. The van der Waals surface area contributed by atoms with Gasteiger partial charge in [-0.2, -0.15) is 0 Å². The van der Waals surface area contributed by atoms with Crippen LogP contribution in [0, 0.1) is 30.3 Å². The zero-order valence-corrected chi connectivity index (χ0v) is 19.4. The van der Waals surface area contributed by atoms with Gasteiger partial charge in [-0.1, -0.05) is 48.5 Å². The molecule has 11 nitrogen and oxygen atoms in total. The van der Waals surface area contributed by atoms with Crippen LogP contribution in [0.1, 0.15) is 33.4 Å². The first-order chi connectivity index (χ1) is 18.3. The number of benzene rings is 4. The van der Waals surface area contributed by atoms with Gasteiger partial charge >= 0.3 is 0 Å². The minimum absolute atomic E-state index is 0.0820. The molecule has 0 saturated carbocycles. The Morgan fingerprint density at radius 3 is 1.68 bits per heavy atom. The van der Waals surface area contributed by atoms with E-state index in [0.717, 1.165) is 28.3 Å². The topological polar surface area (TPSA) is 154 Å². The van der Waals surface area contributed by atoms with Gasteiger partial charge in [0.15, 0.2) is 0 Å². The molecule has 0 spiro atoms. The maximum absolute atomic E-state index is 11.9. The van der Waals surface area contributed by atoms with Gasteiger partial charge in [0.1, 0.15) is 11.4 Å². The first-order valence-electron chi connectivity index (χ1n) is 11.4. The number of hydrogen-bond donors (Lipinski definition) is 0. The monoisotopic (exact) mass is 505 g/mol. The Morgan fingerprint density at radius 1 is 0.553 bits per heavy atom. The molecule has 0 radical (unpaired) electrons. The Kier molecular flexibility index (Phi) is 5.12. The SMILES string of the molecule is O=[N+]([O-])c1ccc2c(c1)/C(=N/N=C1c3ccccc3Cc3ccccc31)c1cc([N+](=O)[O-])cc([N+](=O)[O-])c1-2. The predicted molar refractivity (Wildman–Crippen MR) is 139 cm³/mol. The van der Waals surface area contributed by atoms with E-state index in [1.54, 1.807) is 0 Å². The van der Waals surface area contributed by atoms with Crippen LogP contribution in [0.25, 0.3) is 11.1 Å². The summed E-state index contributed by atoms with van der Waals surface area (Å²) < 4.78 is 0. The van der Waals surface area contributed by atoms with E-state index >= 15 is 0 Å². The predicted octanol–water partition coefficient (Wildman–Crippen LogP) is 5.59. The minimum atomic E-state index is -0.726. The van der Waals surface area contributed by atoms with Gasteiger partial charge < -0.3 is 0 Å². The third-order valence-electron chi connectivity index (χ3n) is 6.68. The van der Waals surface area contributed by atoms with E-state index in [0.29, 0.717) is 17.7 Å². The third-order valence-corrected chi connectivity index (χ3v) is 6.68. The molecule has 4 aromatic rings. The lowest BCUT2D eigenvalue weighted by Crippen LogP contribution is -2.15. The molecule has 0 fully saturated rings. The number of rotatable bonds is 4. The highest BCUT2D eigenvalue weighted by Gasteiger charge is 2.36. The van der Waals surface area contributed by atoms with E-state index in [9.17, 15) is 30.3 Å². The van der Waals surface area contributed by atoms with Gasteiger partial charge in [0.25, 0.3) is 17.1 Å². The van der Waals surface area contributed by atoms with Gasteiger partial charge in [-0.3, -0.25) is 30.3 Å². The molecule has 0 aliphatic heterocycles. The highest BCUT2D eigenvalue weighted by atomic mass is 16.6. The van der Waals surface area contributed by atoms with Crippen molar-refractivity contribution in [1.82, 2.24) is 0 Å². The van der Waals surface area contributed by atoms with Crippen LogP contribution in [0.5, 0.6) is 0 Å². The summed E-state index contributed by atoms with van der Waals surface area (Å²) in [5.74, 6) is 0. The number of hydrogen-bond acceptors (Lipinski definition) is 8. The molecule has 0 bridgehead atoms. The first kappa shape index (κ1) is 22.9. The number of fused-ring (bicyclic) bond motifs is 5.